The Morgan fingerprint density at radius 1 is 0.308 bits per heavy atom. The quantitative estimate of drug-likeness (QED) is 0.106. The highest BCUT2D eigenvalue weighted by Crippen LogP contribution is 2.90. The summed E-state index contributed by atoms with van der Waals surface area (Å²) in [4.78, 5) is 0. The molecule has 0 saturated carbocycles. The van der Waals surface area contributed by atoms with Crippen molar-refractivity contribution in [2.24, 2.45) is 0 Å². The second kappa shape index (κ2) is 5.16. The van der Waals surface area contributed by atoms with E-state index in [4.69, 9.17) is 0 Å². The largest absolute Gasteiger partial charge is 0.326 e. The van der Waals surface area contributed by atoms with Crippen molar-refractivity contribution in [3.05, 3.63) is 116 Å². The summed E-state index contributed by atoms with van der Waals surface area (Å²) in [5, 5.41) is 50.0. The highest BCUT2D eigenvalue weighted by atomic mass is 15.4. The minimum absolute atomic E-state index is 0.0458. The first-order valence-electron chi connectivity index (χ1n) is 25.4. The van der Waals surface area contributed by atoms with Crippen LogP contribution in [0.4, 0.5) is 0 Å². The van der Waals surface area contributed by atoms with Gasteiger partial charge >= 0.3 is 0 Å². The van der Waals surface area contributed by atoms with Gasteiger partial charge in [-0.15, -0.1) is 0 Å². The van der Waals surface area contributed by atoms with Crippen LogP contribution in [0.3, 0.4) is 0 Å². The lowest BCUT2D eigenvalue weighted by Gasteiger charge is -2.49. The van der Waals surface area contributed by atoms with Gasteiger partial charge in [0.1, 0.15) is 0 Å². The average Bonchev–Trinajstić information content (AvgIpc) is 4.12. The van der Waals surface area contributed by atoms with Crippen LogP contribution < -0.4 is 0 Å². The molecule has 1 aliphatic heterocycles. The average molecular weight is 799 g/mol. The van der Waals surface area contributed by atoms with Gasteiger partial charge in [0.2, 0.25) is 0 Å². The van der Waals surface area contributed by atoms with Gasteiger partial charge in [-0.2, -0.15) is 0 Å². The summed E-state index contributed by atoms with van der Waals surface area (Å²) < 4.78 is 1.11. The Labute approximate surface area is 360 Å². The second-order valence-electron chi connectivity index (χ2n) is 26.9. The molecule has 1 saturated heterocycles. The van der Waals surface area contributed by atoms with Crippen LogP contribution in [-0.4, -0.2) is 31.7 Å². The van der Waals surface area contributed by atoms with Crippen LogP contribution in [0, 0.1) is 10.4 Å². The molecule has 18 aliphatic carbocycles. The first-order chi connectivity index (χ1) is 32.2. The number of benzene rings is 10. The van der Waals surface area contributed by atoms with Crippen LogP contribution in [0.2, 0.25) is 0 Å². The van der Waals surface area contributed by atoms with E-state index in [1.165, 1.54) is 13.1 Å². The third-order valence-corrected chi connectivity index (χ3v) is 26.4. The van der Waals surface area contributed by atoms with Gasteiger partial charge in [0.05, 0.1) is 38.0 Å². The molecule has 33 rings (SSSR count). The van der Waals surface area contributed by atoms with Gasteiger partial charge in [-0.05, 0) is 284 Å². The molecular weight excluding hydrogens is 783 g/mol. The van der Waals surface area contributed by atoms with Crippen molar-refractivity contribution in [1.29, 1.82) is 0 Å². The van der Waals surface area contributed by atoms with E-state index in [1.54, 1.807) is 162 Å². The van der Waals surface area contributed by atoms with Crippen LogP contribution in [-0.2, 0) is 10.8 Å². The Balaban J connectivity index is 1.19. The molecule has 0 N–H and O–H groups in total. The lowest BCUT2D eigenvalue weighted by molar-refractivity contribution is -0.880. The minimum atomic E-state index is -0.0504. The van der Waals surface area contributed by atoms with Gasteiger partial charge in [0, 0.05) is 35.5 Å². The summed E-state index contributed by atoms with van der Waals surface area (Å²) in [6.07, 6.45) is 0. The zero-order valence-corrected chi connectivity index (χ0v) is 34.3. The zero-order valence-electron chi connectivity index (χ0n) is 34.3. The summed E-state index contributed by atoms with van der Waals surface area (Å²) in [5.41, 5.74) is 44.1. The number of hydrogen-bond acceptors (Lipinski definition) is 0. The molecule has 2 spiro atoms. The van der Waals surface area contributed by atoms with E-state index >= 15 is 0 Å². The lowest BCUT2D eigenvalue weighted by atomic mass is 9.48. The Kier molecular flexibility index (Phi) is 1.90. The van der Waals surface area contributed by atoms with Crippen LogP contribution >= 0.6 is 0 Å². The third-order valence-electron chi connectivity index (χ3n) is 26.4. The van der Waals surface area contributed by atoms with Gasteiger partial charge < -0.3 is 4.48 Å². The topological polar surface area (TPSA) is 0 Å². The molecule has 1 heteroatoms. The maximum Gasteiger partial charge on any atom is 0.0937 e. The molecule has 276 valence electrons. The Hall–Kier alpha value is -6.80. The summed E-state index contributed by atoms with van der Waals surface area (Å²) in [6, 6.07) is 0. The van der Waals surface area contributed by atoms with E-state index in [0.29, 0.717) is 35.5 Å². The van der Waals surface area contributed by atoms with Crippen molar-refractivity contribution in [2.75, 3.05) is 27.2 Å². The van der Waals surface area contributed by atoms with E-state index < -0.39 is 0 Å². The Morgan fingerprint density at radius 2 is 0.769 bits per heavy atom. The fourth-order valence-corrected chi connectivity index (χ4v) is 27.3. The first-order valence-corrected chi connectivity index (χ1v) is 25.4. The summed E-state index contributed by atoms with van der Waals surface area (Å²) in [5.74, 6) is 2.62. The van der Waals surface area contributed by atoms with E-state index in [1.807, 2.05) is 122 Å². The number of likely N-dealkylation sites (tertiary alicyclic amines) is 1. The Bertz CT molecular complexity index is 6230. The lowest BCUT2D eigenvalue weighted by Crippen LogP contribution is -2.51. The maximum atomic E-state index is 2.68. The van der Waals surface area contributed by atoms with E-state index in [-0.39, 0.29) is 10.8 Å². The predicted octanol–water partition coefficient (Wildman–Crippen LogP) is 13.1. The van der Waals surface area contributed by atoms with Crippen molar-refractivity contribution in [3.8, 4) is 11.1 Å². The van der Waals surface area contributed by atoms with Crippen LogP contribution in [0.15, 0.2) is 5.57 Å². The fraction of sp³-hybridized carbons (Fsp3) is 0.188. The van der Waals surface area contributed by atoms with E-state index in [2.05, 4.69) is 14.1 Å². The number of allylic oxidation sites excluding steroid dienone is 3. The fourth-order valence-electron chi connectivity index (χ4n) is 27.3. The Morgan fingerprint density at radius 3 is 1.57 bits per heavy atom. The predicted molar refractivity (Wildman–Crippen MR) is 256 cm³/mol. The van der Waals surface area contributed by atoms with Gasteiger partial charge in [0.15, 0.2) is 0 Å². The first kappa shape index (κ1) is 23.9. The van der Waals surface area contributed by atoms with Gasteiger partial charge in [-0.3, -0.25) is 0 Å². The van der Waals surface area contributed by atoms with Crippen molar-refractivity contribution < 1.29 is 4.48 Å². The summed E-state index contributed by atoms with van der Waals surface area (Å²) >= 11 is 0. The number of quaternary nitrogens is 1. The normalized spacial score (nSPS) is 33.7. The molecule has 1 fully saturated rings. The second-order valence-corrected chi connectivity index (χ2v) is 26.9. The summed E-state index contributed by atoms with van der Waals surface area (Å²) in [7, 11) is 5.36. The SMILES string of the molecule is C[N+]1(C)CC23C4=C5C6=C7c8c9c%10c%11c%12c8c8c%13c%14c%15c%16c%17c%18c%19c%20c%21c(c%18c%18c2c5c(c%14c%18%17)C7%13)C3(C1)c1c2c4c(c3c=%10c4c5c7c%10c%13c(c%20c7c(c1%21)c5c23)C%19C%16c1c-%13c(c%12c8c1%15)C%10C%114)C69. The van der Waals surface area contributed by atoms with Crippen LogP contribution in [0.25, 0.3) is 168 Å². The number of hydrogen-bond donors (Lipinski definition) is 0. The minimum Gasteiger partial charge on any atom is -0.326 e. The standard InChI is InChI=1S/C64H16N/c1-65(2)3-63-59-51-43-33-23-15-7-5-6-9-13-11(7)19-27-21(13)31-25-17(9)18-10(6)14-12-8(5)16(15)24-30-20(12)28-22(14)32-26(18)36-35(25)45-39(31)49-41(27)47(37(43)29(19)23)55(59)57(49)61-53(45)54-46(36)40(32)50-42(28)48-38(30)44(34(24)33)52(51)60(63)56(48)58(50)62(54)64(61,63)4-65/h7,11,20,30,36,39H,3-4H2,1-2H3/q+1. The molecule has 14 aromatic rings. The molecule has 0 aromatic heterocycles. The molecule has 0 radical (unpaired) electrons. The highest BCUT2D eigenvalue weighted by Gasteiger charge is 2.80. The van der Waals surface area contributed by atoms with Gasteiger partial charge in [-0.25, -0.2) is 0 Å². The summed E-state index contributed by atoms with van der Waals surface area (Å²) in [6.45, 7) is 2.46. The molecular formula is C64H16N+. The van der Waals surface area contributed by atoms with Gasteiger partial charge in [0.25, 0.3) is 0 Å². The smallest absolute Gasteiger partial charge is 0.0937 e. The number of nitrogens with zero attached hydrogens (tertiary/aromatic N) is 1. The molecule has 8 atom stereocenters. The van der Waals surface area contributed by atoms with Crippen LogP contribution in [0.5, 0.6) is 0 Å². The molecule has 1 nitrogen and oxygen atoms in total. The number of likely N-dealkylation sites (N-methyl/N-ethyl adjacent to an activating group) is 1. The van der Waals surface area contributed by atoms with Gasteiger partial charge in [-0.1, -0.05) is 0 Å². The molecule has 1 heterocycles. The van der Waals surface area contributed by atoms with Crippen molar-refractivity contribution in [2.45, 2.75) is 46.3 Å². The van der Waals surface area contributed by atoms with Crippen molar-refractivity contribution in [1.82, 2.24) is 0 Å². The zero-order chi connectivity index (χ0) is 38.4. The van der Waals surface area contributed by atoms with Crippen molar-refractivity contribution in [3.63, 3.8) is 0 Å². The molecule has 19 aliphatic rings. The molecule has 65 heavy (non-hydrogen) atoms. The molecule has 14 aromatic carbocycles. The maximum absolute atomic E-state index is 2.68. The molecule has 8 unspecified atom stereocenters. The van der Waals surface area contributed by atoms with Crippen LogP contribution in [0.1, 0.15) is 136 Å². The molecule has 0 amide bonds. The third kappa shape index (κ3) is 1.22. The van der Waals surface area contributed by atoms with Crippen molar-refractivity contribution >= 4 is 157 Å². The monoisotopic (exact) mass is 798 g/mol. The number of rotatable bonds is 0. The highest BCUT2D eigenvalue weighted by molar-refractivity contribution is 6.60. The van der Waals surface area contributed by atoms with E-state index in [0.717, 1.165) is 4.48 Å². The molecule has 0 bridgehead atoms. The van der Waals surface area contributed by atoms with E-state index in [9.17, 15) is 0 Å².